The molecule has 2 heterocycles. The van der Waals surface area contributed by atoms with Gasteiger partial charge in [0.05, 0.1) is 31.6 Å². The van der Waals surface area contributed by atoms with Gasteiger partial charge in [0.2, 0.25) is 0 Å². The van der Waals surface area contributed by atoms with Gasteiger partial charge in [0.25, 0.3) is 0 Å². The highest BCUT2D eigenvalue weighted by molar-refractivity contribution is 5.70. The van der Waals surface area contributed by atoms with E-state index in [1.165, 1.54) is 5.06 Å². The third-order valence-corrected chi connectivity index (χ3v) is 8.08. The number of methoxy groups -OCH3 is 1. The van der Waals surface area contributed by atoms with E-state index in [-0.39, 0.29) is 25.4 Å². The van der Waals surface area contributed by atoms with Crippen molar-refractivity contribution < 1.29 is 23.8 Å². The van der Waals surface area contributed by atoms with Crippen molar-refractivity contribution in [3.05, 3.63) is 104 Å². The summed E-state index contributed by atoms with van der Waals surface area (Å²) < 4.78 is 20.6. The predicted molar refractivity (Wildman–Crippen MR) is 186 cm³/mol. The molecule has 254 valence electrons. The first kappa shape index (κ1) is 34.5. The molecule has 0 radical (unpaired) electrons. The van der Waals surface area contributed by atoms with Gasteiger partial charge in [0.15, 0.2) is 11.5 Å². The number of ether oxygens (including phenoxy) is 3. The van der Waals surface area contributed by atoms with Crippen LogP contribution in [0.3, 0.4) is 0 Å². The number of rotatable bonds is 10. The third kappa shape index (κ3) is 7.82. The quantitative estimate of drug-likeness (QED) is 0.175. The van der Waals surface area contributed by atoms with Gasteiger partial charge in [-0.05, 0) is 89.3 Å². The standard InChI is InChI=1S/C38H46N4O6/c1-9-46-33-21-29-15-16-40-31(30(29)22-32(33)45-8)23-34(39-35-26(3)19-25(2)20-27(35)4)41(36(40)43)17-18-42(37(44)48-38(5,6)7)47-24-28-13-11-10-12-14-28/h10-14,19-23H,9,15-18,24H2,1-8H3. The molecule has 0 unspecified atom stereocenters. The number of hydrogen-bond acceptors (Lipinski definition) is 7. The summed E-state index contributed by atoms with van der Waals surface area (Å²) in [6.07, 6.45) is 0.00959. The molecule has 4 aromatic rings. The van der Waals surface area contributed by atoms with Crippen LogP contribution in [0.1, 0.15) is 55.5 Å². The third-order valence-electron chi connectivity index (χ3n) is 8.08. The van der Waals surface area contributed by atoms with Gasteiger partial charge in [-0.1, -0.05) is 48.0 Å². The molecule has 48 heavy (non-hydrogen) atoms. The van der Waals surface area contributed by atoms with Crippen LogP contribution >= 0.6 is 0 Å². The number of amides is 1. The molecule has 1 aliphatic heterocycles. The van der Waals surface area contributed by atoms with Crippen LogP contribution in [-0.2, 0) is 35.7 Å². The first-order valence-corrected chi connectivity index (χ1v) is 16.4. The van der Waals surface area contributed by atoms with E-state index in [1.807, 2.05) is 69.3 Å². The van der Waals surface area contributed by atoms with Gasteiger partial charge in [-0.25, -0.2) is 14.6 Å². The number of hydrogen-bond donors (Lipinski definition) is 0. The second-order valence-corrected chi connectivity index (χ2v) is 13.0. The molecule has 1 aliphatic rings. The van der Waals surface area contributed by atoms with Crippen molar-refractivity contribution >= 4 is 11.8 Å². The molecule has 5 rings (SSSR count). The molecule has 0 spiro atoms. The number of aryl methyl sites for hydroxylation is 4. The number of carbonyl (C=O) groups is 1. The summed E-state index contributed by atoms with van der Waals surface area (Å²) >= 11 is 0. The Morgan fingerprint density at radius 3 is 2.33 bits per heavy atom. The maximum absolute atomic E-state index is 14.4. The fourth-order valence-corrected chi connectivity index (χ4v) is 5.98. The van der Waals surface area contributed by atoms with E-state index in [0.29, 0.717) is 36.6 Å². The summed E-state index contributed by atoms with van der Waals surface area (Å²) in [4.78, 5) is 38.8. The second kappa shape index (κ2) is 14.5. The van der Waals surface area contributed by atoms with Gasteiger partial charge < -0.3 is 14.2 Å². The van der Waals surface area contributed by atoms with Crippen molar-refractivity contribution in [3.8, 4) is 22.8 Å². The average molecular weight is 655 g/mol. The first-order valence-electron chi connectivity index (χ1n) is 16.4. The van der Waals surface area contributed by atoms with Crippen LogP contribution in [0, 0.1) is 20.8 Å². The fraction of sp³-hybridized carbons (Fsp3) is 0.395. The maximum atomic E-state index is 14.4. The molecule has 10 heteroatoms. The summed E-state index contributed by atoms with van der Waals surface area (Å²) in [6, 6.07) is 19.6. The summed E-state index contributed by atoms with van der Waals surface area (Å²) in [6.45, 7) is 14.8. The molecule has 3 aromatic carbocycles. The molecule has 10 nitrogen and oxygen atoms in total. The molecule has 0 N–H and O–H groups in total. The topological polar surface area (TPSA) is 96.5 Å². The lowest BCUT2D eigenvalue weighted by Gasteiger charge is -2.28. The van der Waals surface area contributed by atoms with Crippen LogP contribution in [0.15, 0.2) is 70.5 Å². The Kier molecular flexibility index (Phi) is 10.4. The smallest absolute Gasteiger partial charge is 0.434 e. The number of hydroxylamine groups is 2. The number of fused-ring (bicyclic) bond motifs is 3. The average Bonchev–Trinajstić information content (AvgIpc) is 3.03. The highest BCUT2D eigenvalue weighted by atomic mass is 16.7. The number of nitrogens with zero attached hydrogens (tertiary/aromatic N) is 4. The Bertz CT molecular complexity index is 1900. The van der Waals surface area contributed by atoms with Crippen LogP contribution in [0.5, 0.6) is 11.5 Å². The van der Waals surface area contributed by atoms with E-state index in [1.54, 1.807) is 37.0 Å². The highest BCUT2D eigenvalue weighted by Gasteiger charge is 2.26. The largest absolute Gasteiger partial charge is 0.493 e. The van der Waals surface area contributed by atoms with Crippen molar-refractivity contribution in [2.45, 2.75) is 80.2 Å². The van der Waals surface area contributed by atoms with Crippen molar-refractivity contribution in [1.29, 1.82) is 0 Å². The van der Waals surface area contributed by atoms with E-state index < -0.39 is 11.7 Å². The minimum Gasteiger partial charge on any atom is -0.493 e. The Morgan fingerprint density at radius 2 is 1.69 bits per heavy atom. The highest BCUT2D eigenvalue weighted by Crippen LogP contribution is 2.38. The maximum Gasteiger partial charge on any atom is 0.434 e. The van der Waals surface area contributed by atoms with Gasteiger partial charge >= 0.3 is 11.8 Å². The number of aromatic nitrogens is 2. The van der Waals surface area contributed by atoms with E-state index >= 15 is 0 Å². The lowest BCUT2D eigenvalue weighted by molar-refractivity contribution is -0.157. The minimum atomic E-state index is -0.735. The molecule has 0 aliphatic carbocycles. The molecule has 1 amide bonds. The summed E-state index contributed by atoms with van der Waals surface area (Å²) in [5, 5.41) is 1.19. The zero-order valence-electron chi connectivity index (χ0n) is 29.3. The van der Waals surface area contributed by atoms with E-state index in [0.717, 1.165) is 44.8 Å². The van der Waals surface area contributed by atoms with Gasteiger partial charge in [0.1, 0.15) is 17.7 Å². The normalized spacial score (nSPS) is 12.7. The molecular weight excluding hydrogens is 608 g/mol. The van der Waals surface area contributed by atoms with Gasteiger partial charge in [-0.2, -0.15) is 5.06 Å². The first-order chi connectivity index (χ1) is 22.9. The fourth-order valence-electron chi connectivity index (χ4n) is 5.98. The Labute approximate surface area is 282 Å². The van der Waals surface area contributed by atoms with Crippen molar-refractivity contribution in [2.75, 3.05) is 20.3 Å². The zero-order valence-corrected chi connectivity index (χ0v) is 29.3. The van der Waals surface area contributed by atoms with Crippen molar-refractivity contribution in [3.63, 3.8) is 0 Å². The molecular formula is C38H46N4O6. The molecule has 0 atom stereocenters. The van der Waals surface area contributed by atoms with E-state index in [2.05, 4.69) is 19.1 Å². The van der Waals surface area contributed by atoms with Crippen LogP contribution in [0.4, 0.5) is 10.5 Å². The summed E-state index contributed by atoms with van der Waals surface area (Å²) in [5.41, 5.74) is 7.02. The molecule has 1 aromatic heterocycles. The van der Waals surface area contributed by atoms with Gasteiger partial charge in [0, 0.05) is 24.7 Å². The SMILES string of the molecule is CCOc1cc2c(cc1OC)-c1cc(=Nc3c(C)cc(C)cc3C)n(CCN(OCc3ccccc3)C(=O)OC(C)(C)C)c(=O)n1CC2. The van der Waals surface area contributed by atoms with E-state index in [9.17, 15) is 9.59 Å². The Morgan fingerprint density at radius 1 is 0.979 bits per heavy atom. The predicted octanol–water partition coefficient (Wildman–Crippen LogP) is 6.81. The van der Waals surface area contributed by atoms with Gasteiger partial charge in [-0.3, -0.25) is 14.0 Å². The lowest BCUT2D eigenvalue weighted by atomic mass is 9.97. The van der Waals surface area contributed by atoms with Crippen LogP contribution < -0.4 is 20.7 Å². The monoisotopic (exact) mass is 654 g/mol. The minimum absolute atomic E-state index is 0.0531. The Hall–Kier alpha value is -4.83. The molecule has 0 bridgehead atoms. The summed E-state index contributed by atoms with van der Waals surface area (Å²) in [7, 11) is 1.61. The van der Waals surface area contributed by atoms with Gasteiger partial charge in [-0.15, -0.1) is 0 Å². The molecule has 0 saturated carbocycles. The van der Waals surface area contributed by atoms with Crippen LogP contribution in [0.2, 0.25) is 0 Å². The molecule has 0 fully saturated rings. The second-order valence-electron chi connectivity index (χ2n) is 13.0. The molecule has 0 saturated heterocycles. The zero-order chi connectivity index (χ0) is 34.6. The number of benzene rings is 3. The van der Waals surface area contributed by atoms with Crippen LogP contribution in [0.25, 0.3) is 11.3 Å². The van der Waals surface area contributed by atoms with Crippen molar-refractivity contribution in [2.24, 2.45) is 4.99 Å². The van der Waals surface area contributed by atoms with Crippen molar-refractivity contribution in [1.82, 2.24) is 14.2 Å². The Balaban J connectivity index is 1.62. The number of carbonyl (C=O) groups excluding carboxylic acids is 1. The van der Waals surface area contributed by atoms with Crippen LogP contribution in [-0.4, -0.2) is 46.2 Å². The summed E-state index contributed by atoms with van der Waals surface area (Å²) in [5.74, 6) is 1.27. The lowest BCUT2D eigenvalue weighted by Crippen LogP contribution is -2.45. The van der Waals surface area contributed by atoms with E-state index in [4.69, 9.17) is 24.0 Å².